The molecule has 1 fully saturated rings. The lowest BCUT2D eigenvalue weighted by molar-refractivity contribution is 0.0723. The topological polar surface area (TPSA) is 20.3 Å². The molecule has 86 valence electrons. The molecule has 0 spiro atoms. The summed E-state index contributed by atoms with van der Waals surface area (Å²) in [7, 11) is 0. The normalized spacial score (nSPS) is 16.2. The highest BCUT2D eigenvalue weighted by atomic mass is 19.1. The SMILES string of the molecule is Cc1cc(F)ccc1C(=O)N1CCCCC1. The molecule has 1 saturated heterocycles. The molecule has 0 aromatic heterocycles. The van der Waals surface area contributed by atoms with Crippen LogP contribution in [0.4, 0.5) is 4.39 Å². The Morgan fingerprint density at radius 3 is 2.56 bits per heavy atom. The Hall–Kier alpha value is -1.38. The summed E-state index contributed by atoms with van der Waals surface area (Å²) >= 11 is 0. The zero-order valence-corrected chi connectivity index (χ0v) is 9.50. The van der Waals surface area contributed by atoms with Crippen molar-refractivity contribution in [3.8, 4) is 0 Å². The Bertz CT molecular complexity index is 397. The van der Waals surface area contributed by atoms with Crippen molar-refractivity contribution >= 4 is 5.91 Å². The molecule has 1 amide bonds. The van der Waals surface area contributed by atoms with Crippen LogP contribution in [0.25, 0.3) is 0 Å². The van der Waals surface area contributed by atoms with Crippen LogP contribution in [-0.4, -0.2) is 23.9 Å². The van der Waals surface area contributed by atoms with Crippen molar-refractivity contribution < 1.29 is 9.18 Å². The third kappa shape index (κ3) is 2.23. The minimum atomic E-state index is -0.285. The molecule has 3 heteroatoms. The largest absolute Gasteiger partial charge is 0.339 e. The van der Waals surface area contributed by atoms with E-state index in [0.29, 0.717) is 5.56 Å². The lowest BCUT2D eigenvalue weighted by Crippen LogP contribution is -2.35. The van der Waals surface area contributed by atoms with Crippen molar-refractivity contribution in [3.05, 3.63) is 35.1 Å². The lowest BCUT2D eigenvalue weighted by atomic mass is 10.1. The van der Waals surface area contributed by atoms with Gasteiger partial charge in [-0.15, -0.1) is 0 Å². The molecule has 0 saturated carbocycles. The summed E-state index contributed by atoms with van der Waals surface area (Å²) in [4.78, 5) is 14.0. The van der Waals surface area contributed by atoms with E-state index < -0.39 is 0 Å². The molecule has 0 bridgehead atoms. The average molecular weight is 221 g/mol. The Morgan fingerprint density at radius 1 is 1.25 bits per heavy atom. The minimum Gasteiger partial charge on any atom is -0.339 e. The number of aryl methyl sites for hydroxylation is 1. The van der Waals surface area contributed by atoms with Crippen molar-refractivity contribution in [3.63, 3.8) is 0 Å². The number of carbonyl (C=O) groups excluding carboxylic acids is 1. The third-order valence-corrected chi connectivity index (χ3v) is 3.06. The molecule has 16 heavy (non-hydrogen) atoms. The van der Waals surface area contributed by atoms with E-state index in [1.807, 2.05) is 4.90 Å². The predicted octanol–water partition coefficient (Wildman–Crippen LogP) is 2.76. The first-order valence-corrected chi connectivity index (χ1v) is 5.74. The van der Waals surface area contributed by atoms with Crippen LogP contribution in [0.1, 0.15) is 35.2 Å². The molecule has 1 heterocycles. The van der Waals surface area contributed by atoms with Gasteiger partial charge in [0.15, 0.2) is 0 Å². The first-order valence-electron chi connectivity index (χ1n) is 5.74. The monoisotopic (exact) mass is 221 g/mol. The molecule has 1 aliphatic rings. The summed E-state index contributed by atoms with van der Waals surface area (Å²) in [6.45, 7) is 3.44. The van der Waals surface area contributed by atoms with E-state index in [0.717, 1.165) is 31.5 Å². The predicted molar refractivity (Wildman–Crippen MR) is 60.9 cm³/mol. The van der Waals surface area contributed by atoms with Crippen molar-refractivity contribution in [2.24, 2.45) is 0 Å². The second kappa shape index (κ2) is 4.64. The second-order valence-corrected chi connectivity index (χ2v) is 4.31. The number of piperidine rings is 1. The van der Waals surface area contributed by atoms with Gasteiger partial charge in [-0.25, -0.2) is 4.39 Å². The molecule has 2 rings (SSSR count). The first kappa shape index (κ1) is 11.1. The molecule has 0 radical (unpaired) electrons. The molecular weight excluding hydrogens is 205 g/mol. The quantitative estimate of drug-likeness (QED) is 0.714. The summed E-state index contributed by atoms with van der Waals surface area (Å²) in [5, 5.41) is 0. The summed E-state index contributed by atoms with van der Waals surface area (Å²) in [5.74, 6) is -0.245. The number of benzene rings is 1. The van der Waals surface area contributed by atoms with Gasteiger partial charge in [-0.05, 0) is 49.9 Å². The van der Waals surface area contributed by atoms with E-state index in [1.54, 1.807) is 13.0 Å². The van der Waals surface area contributed by atoms with Crippen LogP contribution in [0, 0.1) is 12.7 Å². The number of carbonyl (C=O) groups is 1. The van der Waals surface area contributed by atoms with Crippen molar-refractivity contribution in [2.75, 3.05) is 13.1 Å². The van der Waals surface area contributed by atoms with Crippen LogP contribution in [0.5, 0.6) is 0 Å². The number of hydrogen-bond acceptors (Lipinski definition) is 1. The molecule has 1 aliphatic heterocycles. The van der Waals surface area contributed by atoms with Gasteiger partial charge in [0.2, 0.25) is 0 Å². The highest BCUT2D eigenvalue weighted by Gasteiger charge is 2.19. The molecule has 1 aromatic rings. The molecule has 0 atom stereocenters. The van der Waals surface area contributed by atoms with E-state index >= 15 is 0 Å². The van der Waals surface area contributed by atoms with Crippen molar-refractivity contribution in [2.45, 2.75) is 26.2 Å². The summed E-state index contributed by atoms with van der Waals surface area (Å²) in [5.41, 5.74) is 1.35. The van der Waals surface area contributed by atoms with Gasteiger partial charge >= 0.3 is 0 Å². The van der Waals surface area contributed by atoms with Gasteiger partial charge in [-0.2, -0.15) is 0 Å². The fraction of sp³-hybridized carbons (Fsp3) is 0.462. The standard InChI is InChI=1S/C13H16FNO/c1-10-9-11(14)5-6-12(10)13(16)15-7-3-2-4-8-15/h5-6,9H,2-4,7-8H2,1H3. The maximum absolute atomic E-state index is 12.9. The Kier molecular flexibility index (Phi) is 3.22. The van der Waals surface area contributed by atoms with Gasteiger partial charge in [0.1, 0.15) is 5.82 Å². The Labute approximate surface area is 95.1 Å². The van der Waals surface area contributed by atoms with Gasteiger partial charge in [0.25, 0.3) is 5.91 Å². The van der Waals surface area contributed by atoms with Gasteiger partial charge in [-0.3, -0.25) is 4.79 Å². The third-order valence-electron chi connectivity index (χ3n) is 3.06. The molecular formula is C13H16FNO. The molecule has 0 aliphatic carbocycles. The number of amides is 1. The number of nitrogens with zero attached hydrogens (tertiary/aromatic N) is 1. The number of likely N-dealkylation sites (tertiary alicyclic amines) is 1. The van der Waals surface area contributed by atoms with E-state index in [9.17, 15) is 9.18 Å². The first-order chi connectivity index (χ1) is 7.68. The highest BCUT2D eigenvalue weighted by molar-refractivity contribution is 5.95. The summed E-state index contributed by atoms with van der Waals surface area (Å²) in [6, 6.07) is 4.35. The number of hydrogen-bond donors (Lipinski definition) is 0. The van der Waals surface area contributed by atoms with Crippen LogP contribution in [0.2, 0.25) is 0 Å². The molecule has 1 aromatic carbocycles. The van der Waals surface area contributed by atoms with Crippen LogP contribution >= 0.6 is 0 Å². The minimum absolute atomic E-state index is 0.0391. The second-order valence-electron chi connectivity index (χ2n) is 4.31. The number of halogens is 1. The fourth-order valence-corrected chi connectivity index (χ4v) is 2.13. The van der Waals surface area contributed by atoms with Crippen molar-refractivity contribution in [1.82, 2.24) is 4.90 Å². The smallest absolute Gasteiger partial charge is 0.254 e. The number of rotatable bonds is 1. The summed E-state index contributed by atoms with van der Waals surface area (Å²) in [6.07, 6.45) is 3.35. The van der Waals surface area contributed by atoms with E-state index in [2.05, 4.69) is 0 Å². The fourth-order valence-electron chi connectivity index (χ4n) is 2.13. The molecule has 0 N–H and O–H groups in total. The molecule has 0 unspecified atom stereocenters. The zero-order chi connectivity index (χ0) is 11.5. The maximum Gasteiger partial charge on any atom is 0.254 e. The highest BCUT2D eigenvalue weighted by Crippen LogP contribution is 2.16. The molecule has 2 nitrogen and oxygen atoms in total. The van der Waals surface area contributed by atoms with Crippen molar-refractivity contribution in [1.29, 1.82) is 0 Å². The summed E-state index contributed by atoms with van der Waals surface area (Å²) < 4.78 is 12.9. The Morgan fingerprint density at radius 2 is 1.94 bits per heavy atom. The van der Waals surface area contributed by atoms with Gasteiger partial charge < -0.3 is 4.90 Å². The zero-order valence-electron chi connectivity index (χ0n) is 9.50. The van der Waals surface area contributed by atoms with Crippen LogP contribution < -0.4 is 0 Å². The van der Waals surface area contributed by atoms with Gasteiger partial charge in [0, 0.05) is 18.7 Å². The van der Waals surface area contributed by atoms with E-state index in [-0.39, 0.29) is 11.7 Å². The van der Waals surface area contributed by atoms with Gasteiger partial charge in [0.05, 0.1) is 0 Å². The lowest BCUT2D eigenvalue weighted by Gasteiger charge is -2.27. The van der Waals surface area contributed by atoms with Crippen LogP contribution in [-0.2, 0) is 0 Å². The van der Waals surface area contributed by atoms with Crippen LogP contribution in [0.15, 0.2) is 18.2 Å². The Balaban J connectivity index is 2.19. The van der Waals surface area contributed by atoms with E-state index in [4.69, 9.17) is 0 Å². The van der Waals surface area contributed by atoms with Gasteiger partial charge in [-0.1, -0.05) is 0 Å². The maximum atomic E-state index is 12.9. The van der Waals surface area contributed by atoms with Crippen LogP contribution in [0.3, 0.4) is 0 Å². The average Bonchev–Trinajstić information content (AvgIpc) is 2.29. The van der Waals surface area contributed by atoms with E-state index in [1.165, 1.54) is 18.6 Å².